The van der Waals surface area contributed by atoms with E-state index in [1.807, 2.05) is 0 Å². The molecule has 186 valence electrons. The van der Waals surface area contributed by atoms with Crippen LogP contribution in [-0.2, 0) is 4.79 Å². The predicted molar refractivity (Wildman–Crippen MR) is 132 cm³/mol. The van der Waals surface area contributed by atoms with Gasteiger partial charge in [0.05, 0.1) is 22.7 Å². The molecule has 1 aromatic carbocycles. The number of rotatable bonds is 5. The van der Waals surface area contributed by atoms with Crippen LogP contribution >= 0.6 is 0 Å². The van der Waals surface area contributed by atoms with Gasteiger partial charge in [-0.15, -0.1) is 0 Å². The van der Waals surface area contributed by atoms with E-state index in [1.54, 1.807) is 36.7 Å². The minimum absolute atomic E-state index is 0.0678. The molecule has 2 saturated carbocycles. The zero-order valence-corrected chi connectivity index (χ0v) is 20.2. The molecule has 1 amide bonds. The number of benzene rings is 1. The summed E-state index contributed by atoms with van der Waals surface area (Å²) in [6.07, 6.45) is 7.06. The van der Waals surface area contributed by atoms with Crippen LogP contribution in [0.5, 0.6) is 0 Å². The smallest absolute Gasteiger partial charge is 0.278 e. The molecular weight excluding hydrogens is 464 g/mol. The Labute approximate surface area is 206 Å². The lowest BCUT2D eigenvalue weighted by Crippen LogP contribution is -2.34. The van der Waals surface area contributed by atoms with Gasteiger partial charge in [-0.05, 0) is 76.1 Å². The van der Waals surface area contributed by atoms with Crippen molar-refractivity contribution in [3.05, 3.63) is 57.8 Å². The number of nitrogens with zero attached hydrogens (tertiary/aromatic N) is 4. The van der Waals surface area contributed by atoms with Gasteiger partial charge in [-0.2, -0.15) is 5.10 Å². The maximum absolute atomic E-state index is 16.2. The van der Waals surface area contributed by atoms with Gasteiger partial charge in [0.2, 0.25) is 6.41 Å². The minimum Gasteiger partial charge on any atom is -0.356 e. The SMILES string of the molecule is Cc1cc(-c2c(F)cc3c4nn([C@H]5CC[C@H](NC=O)CC5)c(=O)c-4cn(C4CC4)c3c2F)cc(C)n1. The van der Waals surface area contributed by atoms with Crippen LogP contribution in [0.2, 0.25) is 0 Å². The first-order valence-corrected chi connectivity index (χ1v) is 12.5. The first-order valence-electron chi connectivity index (χ1n) is 12.5. The Morgan fingerprint density at radius 3 is 2.31 bits per heavy atom. The van der Waals surface area contributed by atoms with Crippen molar-refractivity contribution in [3.8, 4) is 22.4 Å². The predicted octanol–water partition coefficient (Wildman–Crippen LogP) is 4.82. The van der Waals surface area contributed by atoms with E-state index in [0.29, 0.717) is 52.8 Å². The number of hydrogen-bond donors (Lipinski definition) is 1. The second-order valence-corrected chi connectivity index (χ2v) is 10.2. The van der Waals surface area contributed by atoms with Gasteiger partial charge in [-0.25, -0.2) is 13.5 Å². The van der Waals surface area contributed by atoms with Crippen molar-refractivity contribution < 1.29 is 13.6 Å². The Kier molecular flexibility index (Phi) is 5.39. The Balaban J connectivity index is 1.55. The monoisotopic (exact) mass is 491 g/mol. The molecule has 6 rings (SSSR count). The summed E-state index contributed by atoms with van der Waals surface area (Å²) in [5.74, 6) is -1.34. The molecule has 36 heavy (non-hydrogen) atoms. The zero-order valence-electron chi connectivity index (χ0n) is 20.2. The normalized spacial score (nSPS) is 20.2. The molecule has 2 aliphatic carbocycles. The van der Waals surface area contributed by atoms with Crippen molar-refractivity contribution >= 4 is 17.3 Å². The molecule has 0 spiro atoms. The van der Waals surface area contributed by atoms with Gasteiger partial charge >= 0.3 is 0 Å². The Bertz CT molecular complexity index is 1510. The third-order valence-electron chi connectivity index (χ3n) is 7.53. The molecular formula is C27H27F2N5O2. The number of nitrogens with one attached hydrogen (secondary N) is 1. The number of carbonyl (C=O) groups is 1. The standard InChI is InChI=1S/C27H27F2N5O2/c1-14-9-16(10-15(2)31-14)23-22(28)11-20-25-21(12-33(18-7-8-18)26(20)24(23)29)27(36)34(32-25)19-5-3-17(4-6-19)30-13-35/h9-13,17-19H,3-8H2,1-2H3,(H,30,35)/t17-,19-. The summed E-state index contributed by atoms with van der Waals surface area (Å²) in [6.45, 7) is 3.60. The third kappa shape index (κ3) is 3.68. The van der Waals surface area contributed by atoms with Gasteiger partial charge < -0.3 is 9.88 Å². The summed E-state index contributed by atoms with van der Waals surface area (Å²) in [5, 5.41) is 7.75. The third-order valence-corrected chi connectivity index (χ3v) is 7.53. The molecule has 0 radical (unpaired) electrons. The van der Waals surface area contributed by atoms with Crippen LogP contribution in [-0.4, -0.2) is 31.8 Å². The molecule has 0 bridgehead atoms. The molecule has 0 saturated heterocycles. The van der Waals surface area contributed by atoms with E-state index in [1.165, 1.54) is 10.7 Å². The number of amides is 1. The van der Waals surface area contributed by atoms with Gasteiger partial charge in [-0.3, -0.25) is 14.6 Å². The molecule has 2 aliphatic heterocycles. The highest BCUT2D eigenvalue weighted by Crippen LogP contribution is 2.43. The van der Waals surface area contributed by atoms with E-state index in [4.69, 9.17) is 0 Å². The molecule has 2 fully saturated rings. The summed E-state index contributed by atoms with van der Waals surface area (Å²) < 4.78 is 35.1. The molecule has 1 N–H and O–H groups in total. The summed E-state index contributed by atoms with van der Waals surface area (Å²) in [4.78, 5) is 28.5. The highest BCUT2D eigenvalue weighted by Gasteiger charge is 2.33. The van der Waals surface area contributed by atoms with Crippen LogP contribution in [0.25, 0.3) is 33.3 Å². The quantitative estimate of drug-likeness (QED) is 0.406. The molecule has 1 aromatic heterocycles. The van der Waals surface area contributed by atoms with Crippen LogP contribution in [0, 0.1) is 25.5 Å². The molecule has 3 heterocycles. The molecule has 7 nitrogen and oxygen atoms in total. The molecule has 4 aliphatic rings. The zero-order chi connectivity index (χ0) is 25.1. The van der Waals surface area contributed by atoms with Gasteiger partial charge in [0.25, 0.3) is 5.56 Å². The van der Waals surface area contributed by atoms with Gasteiger partial charge in [0.15, 0.2) is 5.82 Å². The highest BCUT2D eigenvalue weighted by molar-refractivity contribution is 5.97. The van der Waals surface area contributed by atoms with E-state index in [9.17, 15) is 9.59 Å². The van der Waals surface area contributed by atoms with Crippen molar-refractivity contribution in [2.24, 2.45) is 0 Å². The first-order chi connectivity index (χ1) is 17.4. The van der Waals surface area contributed by atoms with E-state index < -0.39 is 11.6 Å². The maximum Gasteiger partial charge on any atom is 0.278 e. The largest absolute Gasteiger partial charge is 0.356 e. The Morgan fingerprint density at radius 2 is 1.67 bits per heavy atom. The van der Waals surface area contributed by atoms with Crippen molar-refractivity contribution in [2.45, 2.75) is 70.5 Å². The van der Waals surface area contributed by atoms with E-state index in [0.717, 1.165) is 25.7 Å². The van der Waals surface area contributed by atoms with Gasteiger partial charge in [-0.1, -0.05) is 0 Å². The van der Waals surface area contributed by atoms with E-state index >= 15 is 8.78 Å². The highest BCUT2D eigenvalue weighted by atomic mass is 19.1. The maximum atomic E-state index is 16.2. The average molecular weight is 492 g/mol. The molecule has 9 heteroatoms. The topological polar surface area (TPSA) is 81.8 Å². The fraction of sp³-hybridized carbons (Fsp3) is 0.407. The van der Waals surface area contributed by atoms with Crippen molar-refractivity contribution in [2.75, 3.05) is 0 Å². The fourth-order valence-corrected chi connectivity index (χ4v) is 5.71. The average Bonchev–Trinajstić information content (AvgIpc) is 3.62. The number of pyridine rings is 2. The van der Waals surface area contributed by atoms with Crippen LogP contribution in [0.1, 0.15) is 62.0 Å². The van der Waals surface area contributed by atoms with E-state index in [-0.39, 0.29) is 34.8 Å². The number of hydrogen-bond acceptors (Lipinski definition) is 4. The molecule has 0 unspecified atom stereocenters. The number of fused-ring (bicyclic) bond motifs is 3. The van der Waals surface area contributed by atoms with Crippen LogP contribution < -0.4 is 10.9 Å². The Hall–Kier alpha value is -3.62. The second kappa shape index (κ2) is 8.50. The number of aromatic nitrogens is 4. The second-order valence-electron chi connectivity index (χ2n) is 10.2. The van der Waals surface area contributed by atoms with Gasteiger partial charge in [0.1, 0.15) is 11.5 Å². The summed E-state index contributed by atoms with van der Waals surface area (Å²) in [6, 6.07) is 4.73. The number of carbonyl (C=O) groups excluding carboxylic acids is 1. The Morgan fingerprint density at radius 1 is 1.00 bits per heavy atom. The van der Waals surface area contributed by atoms with Crippen LogP contribution in [0.15, 0.2) is 29.2 Å². The lowest BCUT2D eigenvalue weighted by Gasteiger charge is -2.27. The van der Waals surface area contributed by atoms with E-state index in [2.05, 4.69) is 15.4 Å². The lowest BCUT2D eigenvalue weighted by molar-refractivity contribution is -0.110. The van der Waals surface area contributed by atoms with Crippen LogP contribution in [0.3, 0.4) is 0 Å². The van der Waals surface area contributed by atoms with Crippen LogP contribution in [0.4, 0.5) is 8.78 Å². The summed E-state index contributed by atoms with van der Waals surface area (Å²) in [5.41, 5.74) is 2.46. The molecule has 0 atom stereocenters. The van der Waals surface area contributed by atoms with Crippen molar-refractivity contribution in [1.29, 1.82) is 0 Å². The first kappa shape index (κ1) is 22.8. The summed E-state index contributed by atoms with van der Waals surface area (Å²) >= 11 is 0. The molecule has 2 aromatic rings. The lowest BCUT2D eigenvalue weighted by atomic mass is 9.91. The van der Waals surface area contributed by atoms with Gasteiger partial charge in [0, 0.05) is 35.1 Å². The van der Waals surface area contributed by atoms with Crippen molar-refractivity contribution in [3.63, 3.8) is 0 Å². The number of halogens is 2. The fourth-order valence-electron chi connectivity index (χ4n) is 5.71. The summed E-state index contributed by atoms with van der Waals surface area (Å²) in [7, 11) is 0. The minimum atomic E-state index is -0.692. The van der Waals surface area contributed by atoms with Crippen molar-refractivity contribution in [1.82, 2.24) is 24.6 Å². The number of aryl methyl sites for hydroxylation is 2.